The number of carbonyl (C=O) groups is 1. The van der Waals surface area contributed by atoms with Gasteiger partial charge in [-0.25, -0.2) is 4.39 Å². The van der Waals surface area contributed by atoms with E-state index in [1.807, 2.05) is 32.7 Å². The van der Waals surface area contributed by atoms with Crippen molar-refractivity contribution in [3.8, 4) is 0 Å². The van der Waals surface area contributed by atoms with Crippen LogP contribution in [0.25, 0.3) is 0 Å². The Hall–Kier alpha value is -1.42. The lowest BCUT2D eigenvalue weighted by molar-refractivity contribution is -0.155. The molecule has 0 aliphatic carbocycles. The molecule has 19 heavy (non-hydrogen) atoms. The summed E-state index contributed by atoms with van der Waals surface area (Å²) in [5.74, 6) is -0.445. The van der Waals surface area contributed by atoms with Crippen molar-refractivity contribution in [3.05, 3.63) is 35.6 Å². The second-order valence-corrected chi connectivity index (χ2v) is 5.67. The van der Waals surface area contributed by atoms with Crippen LogP contribution in [-0.4, -0.2) is 30.1 Å². The highest BCUT2D eigenvalue weighted by Gasteiger charge is 2.16. The van der Waals surface area contributed by atoms with Crippen molar-refractivity contribution in [1.82, 2.24) is 4.90 Å². The second-order valence-electron chi connectivity index (χ2n) is 5.67. The maximum atomic E-state index is 13.5. The van der Waals surface area contributed by atoms with Crippen LogP contribution in [0, 0.1) is 5.82 Å². The van der Waals surface area contributed by atoms with Crippen LogP contribution >= 0.6 is 0 Å². The Morgan fingerprint density at radius 1 is 1.32 bits per heavy atom. The van der Waals surface area contributed by atoms with E-state index >= 15 is 0 Å². The normalized spacial score (nSPS) is 11.7. The van der Waals surface area contributed by atoms with Gasteiger partial charge >= 0.3 is 5.97 Å². The average Bonchev–Trinajstić information content (AvgIpc) is 2.27. The molecule has 0 atom stereocenters. The number of hydrogen-bond acceptors (Lipinski definition) is 3. The van der Waals surface area contributed by atoms with Crippen LogP contribution in [0.3, 0.4) is 0 Å². The molecule has 4 heteroatoms. The van der Waals surface area contributed by atoms with Crippen LogP contribution in [0.1, 0.15) is 32.8 Å². The number of nitrogens with zero attached hydrogens (tertiary/aromatic N) is 1. The topological polar surface area (TPSA) is 29.5 Å². The van der Waals surface area contributed by atoms with Crippen LogP contribution in [0.4, 0.5) is 4.39 Å². The predicted molar refractivity (Wildman–Crippen MR) is 73.2 cm³/mol. The smallest absolute Gasteiger partial charge is 0.307 e. The lowest BCUT2D eigenvalue weighted by atomic mass is 10.2. The van der Waals surface area contributed by atoms with Gasteiger partial charge in [0.1, 0.15) is 11.4 Å². The standard InChI is InChI=1S/C15H22FNO2/c1-15(2,3)19-14(18)9-10-17(4)11-12-7-5-6-8-13(12)16/h5-8H,9-11H2,1-4H3. The van der Waals surface area contributed by atoms with Gasteiger partial charge in [0.25, 0.3) is 0 Å². The SMILES string of the molecule is CN(CCC(=O)OC(C)(C)C)Cc1ccccc1F. The van der Waals surface area contributed by atoms with Crippen molar-refractivity contribution in [2.45, 2.75) is 39.3 Å². The van der Waals surface area contributed by atoms with Gasteiger partial charge < -0.3 is 9.64 Å². The Morgan fingerprint density at radius 3 is 2.53 bits per heavy atom. The van der Waals surface area contributed by atoms with Crippen LogP contribution in [0.5, 0.6) is 0 Å². The molecule has 0 heterocycles. The van der Waals surface area contributed by atoms with Gasteiger partial charge in [-0.1, -0.05) is 18.2 Å². The zero-order chi connectivity index (χ0) is 14.5. The number of halogens is 1. The van der Waals surface area contributed by atoms with Gasteiger partial charge in [-0.2, -0.15) is 0 Å². The fraction of sp³-hybridized carbons (Fsp3) is 0.533. The Labute approximate surface area is 114 Å². The third-order valence-corrected chi connectivity index (χ3v) is 2.52. The van der Waals surface area contributed by atoms with E-state index in [-0.39, 0.29) is 11.8 Å². The summed E-state index contributed by atoms with van der Waals surface area (Å²) in [6.07, 6.45) is 0.308. The molecule has 0 radical (unpaired) electrons. The number of benzene rings is 1. The van der Waals surface area contributed by atoms with Gasteiger partial charge in [0.05, 0.1) is 6.42 Å². The first-order valence-corrected chi connectivity index (χ1v) is 6.42. The molecule has 3 nitrogen and oxygen atoms in total. The maximum Gasteiger partial charge on any atom is 0.307 e. The predicted octanol–water partition coefficient (Wildman–Crippen LogP) is 2.99. The lowest BCUT2D eigenvalue weighted by Gasteiger charge is -2.21. The van der Waals surface area contributed by atoms with Crippen LogP contribution in [-0.2, 0) is 16.1 Å². The molecule has 0 amide bonds. The minimum Gasteiger partial charge on any atom is -0.460 e. The molecule has 0 bridgehead atoms. The highest BCUT2D eigenvalue weighted by molar-refractivity contribution is 5.70. The van der Waals surface area contributed by atoms with E-state index in [1.54, 1.807) is 18.2 Å². The van der Waals surface area contributed by atoms with Crippen LogP contribution < -0.4 is 0 Å². The minimum absolute atomic E-state index is 0.216. The van der Waals surface area contributed by atoms with E-state index in [1.165, 1.54) is 6.07 Å². The van der Waals surface area contributed by atoms with Crippen molar-refractivity contribution in [3.63, 3.8) is 0 Å². The molecule has 0 unspecified atom stereocenters. The molecule has 0 N–H and O–H groups in total. The first kappa shape index (κ1) is 15.6. The maximum absolute atomic E-state index is 13.5. The van der Waals surface area contributed by atoms with Gasteiger partial charge in [-0.05, 0) is 33.9 Å². The molecule has 1 rings (SSSR count). The summed E-state index contributed by atoms with van der Waals surface area (Å²) in [5.41, 5.74) is 0.176. The average molecular weight is 267 g/mol. The number of rotatable bonds is 5. The molecule has 0 aromatic heterocycles. The van der Waals surface area contributed by atoms with Crippen molar-refractivity contribution in [2.75, 3.05) is 13.6 Å². The fourth-order valence-electron chi connectivity index (χ4n) is 1.67. The molecule has 0 aliphatic rings. The summed E-state index contributed by atoms with van der Waals surface area (Å²) in [7, 11) is 1.86. The van der Waals surface area contributed by atoms with E-state index in [9.17, 15) is 9.18 Å². The first-order chi connectivity index (χ1) is 8.78. The van der Waals surface area contributed by atoms with Gasteiger partial charge in [-0.15, -0.1) is 0 Å². The molecule has 0 saturated heterocycles. The Morgan fingerprint density at radius 2 is 1.95 bits per heavy atom. The van der Waals surface area contributed by atoms with Gasteiger partial charge in [0.2, 0.25) is 0 Å². The van der Waals surface area contributed by atoms with Crippen molar-refractivity contribution < 1.29 is 13.9 Å². The molecule has 1 aromatic rings. The first-order valence-electron chi connectivity index (χ1n) is 6.42. The third-order valence-electron chi connectivity index (χ3n) is 2.52. The number of esters is 1. The number of ether oxygens (including phenoxy) is 1. The molecule has 0 spiro atoms. The van der Waals surface area contributed by atoms with Crippen molar-refractivity contribution in [1.29, 1.82) is 0 Å². The largest absolute Gasteiger partial charge is 0.460 e. The quantitative estimate of drug-likeness (QED) is 0.768. The van der Waals surface area contributed by atoms with E-state index < -0.39 is 5.60 Å². The molecule has 0 fully saturated rings. The summed E-state index contributed by atoms with van der Waals surface area (Å²) in [5, 5.41) is 0. The van der Waals surface area contributed by atoms with E-state index in [4.69, 9.17) is 4.74 Å². The molecular formula is C15H22FNO2. The Balaban J connectivity index is 2.38. The highest BCUT2D eigenvalue weighted by Crippen LogP contribution is 2.11. The molecular weight excluding hydrogens is 245 g/mol. The lowest BCUT2D eigenvalue weighted by Crippen LogP contribution is -2.27. The molecule has 106 valence electrons. The molecule has 0 aliphatic heterocycles. The Kier molecular flexibility index (Phi) is 5.48. The second kappa shape index (κ2) is 6.66. The van der Waals surface area contributed by atoms with Gasteiger partial charge in [0.15, 0.2) is 0 Å². The Bertz CT molecular complexity index is 426. The monoisotopic (exact) mass is 267 g/mol. The van der Waals surface area contributed by atoms with Crippen molar-refractivity contribution in [2.24, 2.45) is 0 Å². The van der Waals surface area contributed by atoms with E-state index in [2.05, 4.69) is 0 Å². The van der Waals surface area contributed by atoms with Crippen molar-refractivity contribution >= 4 is 5.97 Å². The highest BCUT2D eigenvalue weighted by atomic mass is 19.1. The minimum atomic E-state index is -0.457. The number of carbonyl (C=O) groups excluding carboxylic acids is 1. The van der Waals surface area contributed by atoms with Gasteiger partial charge in [-0.3, -0.25) is 4.79 Å². The fourth-order valence-corrected chi connectivity index (χ4v) is 1.67. The summed E-state index contributed by atoms with van der Waals surface area (Å²) in [4.78, 5) is 13.5. The van der Waals surface area contributed by atoms with E-state index in [0.717, 1.165) is 0 Å². The van der Waals surface area contributed by atoms with E-state index in [0.29, 0.717) is 25.1 Å². The summed E-state index contributed by atoms with van der Waals surface area (Å²) < 4.78 is 18.7. The molecule has 0 saturated carbocycles. The van der Waals surface area contributed by atoms with Crippen LogP contribution in [0.15, 0.2) is 24.3 Å². The summed E-state index contributed by atoms with van der Waals surface area (Å²) in [6, 6.07) is 6.66. The molecule has 1 aromatic carbocycles. The summed E-state index contributed by atoms with van der Waals surface area (Å²) >= 11 is 0. The zero-order valence-corrected chi connectivity index (χ0v) is 12.1. The third kappa shape index (κ3) is 6.34. The summed E-state index contributed by atoms with van der Waals surface area (Å²) in [6.45, 7) is 6.55. The zero-order valence-electron chi connectivity index (χ0n) is 12.1. The van der Waals surface area contributed by atoms with Crippen LogP contribution in [0.2, 0.25) is 0 Å². The number of hydrogen-bond donors (Lipinski definition) is 0. The van der Waals surface area contributed by atoms with Gasteiger partial charge in [0, 0.05) is 18.7 Å².